The molecule has 3 amide bonds. The van der Waals surface area contributed by atoms with E-state index in [2.05, 4.69) is 15.3 Å². The molecular weight excluding hydrogens is 406 g/mol. The fourth-order valence-corrected chi connectivity index (χ4v) is 3.62. The van der Waals surface area contributed by atoms with Crippen LogP contribution >= 0.6 is 0 Å². The van der Waals surface area contributed by atoms with Gasteiger partial charge in [-0.15, -0.1) is 0 Å². The predicted octanol–water partition coefficient (Wildman–Crippen LogP) is 1.93. The standard InChI is InChI=1S/C24H23N5O3/c30-22(19-9-5-2-6-10-19)27-21(18-7-3-1-4-8-18)24(32)29-15-13-28(14-16-29)23(31)20-17-25-11-12-26-20/h1-12,17,21H,13-16H2,(H,27,30). The first-order valence-electron chi connectivity index (χ1n) is 10.4. The Hall–Kier alpha value is -4.07. The molecule has 1 atom stereocenters. The minimum atomic E-state index is -0.814. The largest absolute Gasteiger partial charge is 0.337 e. The van der Waals surface area contributed by atoms with Crippen molar-refractivity contribution in [2.24, 2.45) is 0 Å². The second kappa shape index (κ2) is 9.82. The number of aromatic nitrogens is 2. The maximum atomic E-state index is 13.4. The van der Waals surface area contributed by atoms with Gasteiger partial charge in [-0.2, -0.15) is 0 Å². The van der Waals surface area contributed by atoms with Crippen LogP contribution in [0.3, 0.4) is 0 Å². The molecule has 1 aromatic heterocycles. The van der Waals surface area contributed by atoms with Crippen LogP contribution in [0, 0.1) is 0 Å². The Kier molecular flexibility index (Phi) is 6.50. The van der Waals surface area contributed by atoms with Crippen molar-refractivity contribution in [3.05, 3.63) is 96.1 Å². The van der Waals surface area contributed by atoms with Crippen LogP contribution in [-0.2, 0) is 4.79 Å². The number of hydrogen-bond acceptors (Lipinski definition) is 5. The van der Waals surface area contributed by atoms with Gasteiger partial charge >= 0.3 is 0 Å². The van der Waals surface area contributed by atoms with Crippen molar-refractivity contribution in [3.63, 3.8) is 0 Å². The molecule has 0 spiro atoms. The van der Waals surface area contributed by atoms with Crippen LogP contribution in [0.25, 0.3) is 0 Å². The van der Waals surface area contributed by atoms with Crippen molar-refractivity contribution < 1.29 is 14.4 Å². The van der Waals surface area contributed by atoms with Crippen molar-refractivity contribution in [3.8, 4) is 0 Å². The summed E-state index contributed by atoms with van der Waals surface area (Å²) in [4.78, 5) is 50.1. The third kappa shape index (κ3) is 4.80. The zero-order valence-corrected chi connectivity index (χ0v) is 17.4. The Morgan fingerprint density at radius 1 is 0.812 bits per heavy atom. The van der Waals surface area contributed by atoms with Crippen molar-refractivity contribution in [2.45, 2.75) is 6.04 Å². The number of carbonyl (C=O) groups excluding carboxylic acids is 3. The zero-order chi connectivity index (χ0) is 22.3. The van der Waals surface area contributed by atoms with Gasteiger partial charge in [-0.05, 0) is 17.7 Å². The lowest BCUT2D eigenvalue weighted by molar-refractivity contribution is -0.134. The van der Waals surface area contributed by atoms with Gasteiger partial charge < -0.3 is 15.1 Å². The first-order valence-corrected chi connectivity index (χ1v) is 10.4. The average Bonchev–Trinajstić information content (AvgIpc) is 2.88. The normalized spacial score (nSPS) is 14.5. The molecule has 32 heavy (non-hydrogen) atoms. The number of amides is 3. The maximum absolute atomic E-state index is 13.4. The van der Waals surface area contributed by atoms with Crippen molar-refractivity contribution >= 4 is 17.7 Å². The number of benzene rings is 2. The molecule has 1 aliphatic heterocycles. The van der Waals surface area contributed by atoms with Crippen LogP contribution in [0.1, 0.15) is 32.5 Å². The lowest BCUT2D eigenvalue weighted by Crippen LogP contribution is -2.53. The van der Waals surface area contributed by atoms with E-state index in [9.17, 15) is 14.4 Å². The van der Waals surface area contributed by atoms with E-state index in [0.29, 0.717) is 37.3 Å². The average molecular weight is 429 g/mol. The quantitative estimate of drug-likeness (QED) is 0.669. The Balaban J connectivity index is 1.46. The van der Waals surface area contributed by atoms with Gasteiger partial charge in [0.05, 0.1) is 6.20 Å². The first kappa shape index (κ1) is 21.2. The summed E-state index contributed by atoms with van der Waals surface area (Å²) in [5.74, 6) is -0.724. The van der Waals surface area contributed by atoms with E-state index in [1.54, 1.807) is 34.1 Å². The van der Waals surface area contributed by atoms with E-state index < -0.39 is 6.04 Å². The predicted molar refractivity (Wildman–Crippen MR) is 118 cm³/mol. The lowest BCUT2D eigenvalue weighted by Gasteiger charge is -2.36. The van der Waals surface area contributed by atoms with Gasteiger partial charge in [0.25, 0.3) is 11.8 Å². The van der Waals surface area contributed by atoms with Crippen LogP contribution < -0.4 is 5.32 Å². The van der Waals surface area contributed by atoms with Crippen LogP contribution in [0.4, 0.5) is 0 Å². The molecular formula is C24H23N5O3. The van der Waals surface area contributed by atoms with E-state index in [4.69, 9.17) is 0 Å². The van der Waals surface area contributed by atoms with Crippen molar-refractivity contribution in [1.29, 1.82) is 0 Å². The lowest BCUT2D eigenvalue weighted by atomic mass is 10.0. The highest BCUT2D eigenvalue weighted by Gasteiger charge is 2.31. The molecule has 8 nitrogen and oxygen atoms in total. The van der Waals surface area contributed by atoms with Gasteiger partial charge in [-0.3, -0.25) is 19.4 Å². The topological polar surface area (TPSA) is 95.5 Å². The number of rotatable bonds is 5. The summed E-state index contributed by atoms with van der Waals surface area (Å²) >= 11 is 0. The Bertz CT molecular complexity index is 1070. The van der Waals surface area contributed by atoms with Gasteiger partial charge in [-0.1, -0.05) is 48.5 Å². The second-order valence-corrected chi connectivity index (χ2v) is 7.39. The number of piperazine rings is 1. The molecule has 162 valence electrons. The summed E-state index contributed by atoms with van der Waals surface area (Å²) in [6, 6.07) is 17.2. The molecule has 2 aromatic carbocycles. The smallest absolute Gasteiger partial charge is 0.274 e. The Morgan fingerprint density at radius 3 is 2.06 bits per heavy atom. The molecule has 0 bridgehead atoms. The molecule has 3 aromatic rings. The SMILES string of the molecule is O=C(NC(C(=O)N1CCN(C(=O)c2cnccn2)CC1)c1ccccc1)c1ccccc1. The van der Waals surface area contributed by atoms with Crippen LogP contribution in [-0.4, -0.2) is 63.7 Å². The van der Waals surface area contributed by atoms with Gasteiger partial charge in [0.1, 0.15) is 11.7 Å². The number of carbonyl (C=O) groups is 3. The summed E-state index contributed by atoms with van der Waals surface area (Å²) in [5, 5.41) is 2.88. The minimum Gasteiger partial charge on any atom is -0.337 e. The van der Waals surface area contributed by atoms with E-state index in [0.717, 1.165) is 0 Å². The number of hydrogen-bond donors (Lipinski definition) is 1. The van der Waals surface area contributed by atoms with Gasteiger partial charge in [0.15, 0.2) is 0 Å². The van der Waals surface area contributed by atoms with E-state index in [-0.39, 0.29) is 23.4 Å². The molecule has 0 radical (unpaired) electrons. The highest BCUT2D eigenvalue weighted by Crippen LogP contribution is 2.18. The Morgan fingerprint density at radius 2 is 1.44 bits per heavy atom. The van der Waals surface area contributed by atoms with Crippen molar-refractivity contribution in [2.75, 3.05) is 26.2 Å². The summed E-state index contributed by atoms with van der Waals surface area (Å²) in [6.07, 6.45) is 4.43. The fourth-order valence-electron chi connectivity index (χ4n) is 3.62. The highest BCUT2D eigenvalue weighted by molar-refractivity contribution is 5.98. The molecule has 8 heteroatoms. The number of nitrogens with zero attached hydrogens (tertiary/aromatic N) is 4. The van der Waals surface area contributed by atoms with Crippen LogP contribution in [0.15, 0.2) is 79.3 Å². The summed E-state index contributed by atoms with van der Waals surface area (Å²) in [7, 11) is 0. The third-order valence-electron chi connectivity index (χ3n) is 5.35. The zero-order valence-electron chi connectivity index (χ0n) is 17.4. The summed E-state index contributed by atoms with van der Waals surface area (Å²) in [6.45, 7) is 1.51. The van der Waals surface area contributed by atoms with Crippen LogP contribution in [0.5, 0.6) is 0 Å². The molecule has 1 unspecified atom stereocenters. The molecule has 0 saturated carbocycles. The molecule has 1 fully saturated rings. The molecule has 0 aliphatic carbocycles. The summed E-state index contributed by atoms with van der Waals surface area (Å²) in [5.41, 5.74) is 1.48. The van der Waals surface area contributed by atoms with Gasteiger partial charge in [0.2, 0.25) is 5.91 Å². The molecule has 1 N–H and O–H groups in total. The second-order valence-electron chi connectivity index (χ2n) is 7.39. The number of nitrogens with one attached hydrogen (secondary N) is 1. The third-order valence-corrected chi connectivity index (χ3v) is 5.35. The minimum absolute atomic E-state index is 0.202. The molecule has 2 heterocycles. The van der Waals surface area contributed by atoms with Gasteiger partial charge in [-0.25, -0.2) is 4.98 Å². The summed E-state index contributed by atoms with van der Waals surface area (Å²) < 4.78 is 0. The highest BCUT2D eigenvalue weighted by atomic mass is 16.2. The van der Waals surface area contributed by atoms with Gasteiger partial charge in [0, 0.05) is 44.1 Å². The first-order chi connectivity index (χ1) is 15.6. The van der Waals surface area contributed by atoms with E-state index >= 15 is 0 Å². The molecule has 1 saturated heterocycles. The monoisotopic (exact) mass is 429 g/mol. The van der Waals surface area contributed by atoms with E-state index in [1.807, 2.05) is 36.4 Å². The van der Waals surface area contributed by atoms with Crippen molar-refractivity contribution in [1.82, 2.24) is 25.1 Å². The fraction of sp³-hybridized carbons (Fsp3) is 0.208. The van der Waals surface area contributed by atoms with E-state index in [1.165, 1.54) is 18.6 Å². The maximum Gasteiger partial charge on any atom is 0.274 e. The van der Waals surface area contributed by atoms with Crippen LogP contribution in [0.2, 0.25) is 0 Å². The molecule has 4 rings (SSSR count). The Labute approximate surface area is 185 Å². The molecule has 1 aliphatic rings.